The predicted octanol–water partition coefficient (Wildman–Crippen LogP) is 3.45. The molecule has 24 heavy (non-hydrogen) atoms. The van der Waals surface area contributed by atoms with Gasteiger partial charge in [0, 0.05) is 18.2 Å². The third-order valence-electron chi connectivity index (χ3n) is 2.83. The fourth-order valence-corrected chi connectivity index (χ4v) is 2.44. The number of anilines is 1. The molecule has 2 aromatic rings. The van der Waals surface area contributed by atoms with Gasteiger partial charge in [0.05, 0.1) is 5.38 Å². The molecule has 1 heterocycles. The molecule has 1 aromatic heterocycles. The van der Waals surface area contributed by atoms with Crippen LogP contribution >= 0.6 is 11.3 Å². The van der Waals surface area contributed by atoms with Crippen molar-refractivity contribution in [3.8, 4) is 5.88 Å². The summed E-state index contributed by atoms with van der Waals surface area (Å²) in [6.07, 6.45) is -0.619. The maximum absolute atomic E-state index is 12.9. The van der Waals surface area contributed by atoms with E-state index in [-0.39, 0.29) is 11.8 Å². The highest BCUT2D eigenvalue weighted by Crippen LogP contribution is 2.25. The van der Waals surface area contributed by atoms with Crippen LogP contribution in [-0.4, -0.2) is 29.6 Å². The largest absolute Gasteiger partial charge is 0.414 e. The highest BCUT2D eigenvalue weighted by molar-refractivity contribution is 7.14. The van der Waals surface area contributed by atoms with E-state index in [0.29, 0.717) is 10.7 Å². The number of nitrogens with zero attached hydrogens (tertiary/aromatic N) is 2. The zero-order chi connectivity index (χ0) is 17.9. The fraction of sp³-hybridized carbons (Fsp3) is 0.312. The molecular weight excluding hydrogens is 333 g/mol. The van der Waals surface area contributed by atoms with E-state index in [1.165, 1.54) is 34.5 Å². The Bertz CT molecular complexity index is 738. The molecule has 0 saturated heterocycles. The molecule has 2 rings (SSSR count). The molecule has 8 heteroatoms. The molecule has 0 fully saturated rings. The summed E-state index contributed by atoms with van der Waals surface area (Å²) in [6, 6.07) is 5.23. The van der Waals surface area contributed by atoms with Crippen LogP contribution in [0, 0.1) is 5.82 Å². The molecule has 0 aliphatic rings. The van der Waals surface area contributed by atoms with Crippen molar-refractivity contribution in [1.82, 2.24) is 10.3 Å². The van der Waals surface area contributed by atoms with Crippen LogP contribution in [0.5, 0.6) is 5.88 Å². The summed E-state index contributed by atoms with van der Waals surface area (Å²) in [5.74, 6) is -0.644. The van der Waals surface area contributed by atoms with Crippen LogP contribution in [0.4, 0.5) is 14.3 Å². The SMILES string of the molecule is CN(C(=O)c1ccc(F)cc1)c1nc(OC(=O)NC(C)(C)C)cs1. The summed E-state index contributed by atoms with van der Waals surface area (Å²) in [6.45, 7) is 5.49. The minimum atomic E-state index is -0.619. The Kier molecular flexibility index (Phi) is 5.18. The Morgan fingerprint density at radius 1 is 1.25 bits per heavy atom. The molecule has 0 bridgehead atoms. The van der Waals surface area contributed by atoms with Gasteiger partial charge < -0.3 is 10.1 Å². The number of hydrogen-bond donors (Lipinski definition) is 1. The van der Waals surface area contributed by atoms with Crippen molar-refractivity contribution in [2.24, 2.45) is 0 Å². The Labute approximate surface area is 143 Å². The first-order valence-electron chi connectivity index (χ1n) is 7.15. The summed E-state index contributed by atoms with van der Waals surface area (Å²) in [5.41, 5.74) is -0.0901. The van der Waals surface area contributed by atoms with E-state index in [4.69, 9.17) is 4.74 Å². The molecule has 6 nitrogen and oxygen atoms in total. The van der Waals surface area contributed by atoms with Gasteiger partial charge in [0.25, 0.3) is 5.91 Å². The number of rotatable bonds is 3. The summed E-state index contributed by atoms with van der Waals surface area (Å²) < 4.78 is 18.0. The van der Waals surface area contributed by atoms with Crippen LogP contribution in [0.3, 0.4) is 0 Å². The smallest absolute Gasteiger partial charge is 0.390 e. The maximum atomic E-state index is 12.9. The third kappa shape index (κ3) is 4.76. The molecule has 1 aromatic carbocycles. The third-order valence-corrected chi connectivity index (χ3v) is 3.72. The minimum absolute atomic E-state index is 0.107. The monoisotopic (exact) mass is 351 g/mol. The van der Waals surface area contributed by atoms with Gasteiger partial charge in [-0.25, -0.2) is 9.18 Å². The van der Waals surface area contributed by atoms with E-state index in [1.807, 2.05) is 20.8 Å². The van der Waals surface area contributed by atoms with Gasteiger partial charge in [-0.3, -0.25) is 9.69 Å². The number of thiazole rings is 1. The second kappa shape index (κ2) is 6.96. The van der Waals surface area contributed by atoms with Crippen LogP contribution < -0.4 is 15.0 Å². The van der Waals surface area contributed by atoms with E-state index in [1.54, 1.807) is 7.05 Å². The number of amides is 2. The lowest BCUT2D eigenvalue weighted by molar-refractivity contribution is 0.0993. The molecule has 0 radical (unpaired) electrons. The molecular formula is C16H18FN3O3S. The van der Waals surface area contributed by atoms with Gasteiger partial charge in [0.1, 0.15) is 5.82 Å². The highest BCUT2D eigenvalue weighted by atomic mass is 32.1. The quantitative estimate of drug-likeness (QED) is 0.919. The van der Waals surface area contributed by atoms with Crippen molar-refractivity contribution in [3.05, 3.63) is 41.0 Å². The molecule has 0 aliphatic carbocycles. The van der Waals surface area contributed by atoms with Gasteiger partial charge >= 0.3 is 6.09 Å². The van der Waals surface area contributed by atoms with Crippen molar-refractivity contribution < 1.29 is 18.7 Å². The number of aromatic nitrogens is 1. The van der Waals surface area contributed by atoms with Gasteiger partial charge in [0.2, 0.25) is 5.88 Å². The number of nitrogens with one attached hydrogen (secondary N) is 1. The van der Waals surface area contributed by atoms with E-state index in [0.717, 1.165) is 11.3 Å². The van der Waals surface area contributed by atoms with Crippen LogP contribution in [0.2, 0.25) is 0 Å². The zero-order valence-electron chi connectivity index (χ0n) is 13.8. The minimum Gasteiger partial charge on any atom is -0.390 e. The number of ether oxygens (including phenoxy) is 1. The van der Waals surface area contributed by atoms with E-state index in [9.17, 15) is 14.0 Å². The Hall–Kier alpha value is -2.48. The molecule has 0 unspecified atom stereocenters. The van der Waals surface area contributed by atoms with Gasteiger partial charge in [-0.1, -0.05) is 0 Å². The summed E-state index contributed by atoms with van der Waals surface area (Å²) in [7, 11) is 1.55. The number of halogens is 1. The topological polar surface area (TPSA) is 71.5 Å². The lowest BCUT2D eigenvalue weighted by Gasteiger charge is -2.19. The first kappa shape index (κ1) is 17.9. The zero-order valence-corrected chi connectivity index (χ0v) is 14.6. The number of benzene rings is 1. The summed E-state index contributed by atoms with van der Waals surface area (Å²) >= 11 is 1.16. The second-order valence-electron chi connectivity index (χ2n) is 6.10. The van der Waals surface area contributed by atoms with Gasteiger partial charge in [-0.05, 0) is 45.0 Å². The van der Waals surface area contributed by atoms with Crippen molar-refractivity contribution in [2.75, 3.05) is 11.9 Å². The van der Waals surface area contributed by atoms with Crippen LogP contribution in [-0.2, 0) is 0 Å². The molecule has 0 spiro atoms. The van der Waals surface area contributed by atoms with Crippen molar-refractivity contribution in [3.63, 3.8) is 0 Å². The van der Waals surface area contributed by atoms with Crippen LogP contribution in [0.25, 0.3) is 0 Å². The Balaban J connectivity index is 2.05. The standard InChI is InChI=1S/C16H18FN3O3S/c1-16(2,3)19-15(22)23-12-9-24-14(18-12)20(4)13(21)10-5-7-11(17)8-6-10/h5-9H,1-4H3,(H,19,22). The number of carbonyl (C=O) groups is 2. The lowest BCUT2D eigenvalue weighted by atomic mass is 10.1. The predicted molar refractivity (Wildman–Crippen MR) is 90.2 cm³/mol. The van der Waals surface area contributed by atoms with E-state index < -0.39 is 17.4 Å². The van der Waals surface area contributed by atoms with Crippen molar-refractivity contribution in [1.29, 1.82) is 0 Å². The molecule has 0 saturated carbocycles. The van der Waals surface area contributed by atoms with Gasteiger partial charge in [0.15, 0.2) is 5.13 Å². The average Bonchev–Trinajstić information content (AvgIpc) is 2.92. The number of carbonyl (C=O) groups excluding carboxylic acids is 2. The van der Waals surface area contributed by atoms with E-state index >= 15 is 0 Å². The van der Waals surface area contributed by atoms with Gasteiger partial charge in [-0.15, -0.1) is 11.3 Å². The Morgan fingerprint density at radius 3 is 2.46 bits per heavy atom. The first-order chi connectivity index (χ1) is 11.2. The number of hydrogen-bond acceptors (Lipinski definition) is 5. The fourth-order valence-electron chi connectivity index (χ4n) is 1.75. The van der Waals surface area contributed by atoms with Crippen molar-refractivity contribution in [2.45, 2.75) is 26.3 Å². The molecule has 128 valence electrons. The highest BCUT2D eigenvalue weighted by Gasteiger charge is 2.19. The van der Waals surface area contributed by atoms with Crippen LogP contribution in [0.15, 0.2) is 29.6 Å². The summed E-state index contributed by atoms with van der Waals surface area (Å²) in [5, 5.41) is 4.54. The first-order valence-corrected chi connectivity index (χ1v) is 8.03. The molecule has 0 atom stereocenters. The van der Waals surface area contributed by atoms with E-state index in [2.05, 4.69) is 10.3 Å². The average molecular weight is 351 g/mol. The normalized spacial score (nSPS) is 11.0. The van der Waals surface area contributed by atoms with Gasteiger partial charge in [-0.2, -0.15) is 4.98 Å². The molecule has 0 aliphatic heterocycles. The van der Waals surface area contributed by atoms with Crippen LogP contribution in [0.1, 0.15) is 31.1 Å². The maximum Gasteiger partial charge on any atom is 0.414 e. The lowest BCUT2D eigenvalue weighted by Crippen LogP contribution is -2.42. The Morgan fingerprint density at radius 2 is 1.88 bits per heavy atom. The molecule has 1 N–H and O–H groups in total. The summed E-state index contributed by atoms with van der Waals surface area (Å²) in [4.78, 5) is 29.5. The molecule has 2 amide bonds. The second-order valence-corrected chi connectivity index (χ2v) is 6.94. The van der Waals surface area contributed by atoms with Crippen molar-refractivity contribution >= 4 is 28.5 Å².